The zero-order valence-corrected chi connectivity index (χ0v) is 8.77. The Bertz CT molecular complexity index is 502. The highest BCUT2D eigenvalue weighted by atomic mass is 32.2. The number of hydrogen-bond donors (Lipinski definition) is 0. The molecule has 0 atom stereocenters. The number of aromatic nitrogens is 1. The van der Waals surface area contributed by atoms with Gasteiger partial charge in [0.05, 0.1) is 0 Å². The predicted molar refractivity (Wildman–Crippen MR) is 54.7 cm³/mol. The van der Waals surface area contributed by atoms with Gasteiger partial charge in [0.2, 0.25) is 5.95 Å². The summed E-state index contributed by atoms with van der Waals surface area (Å²) in [6.45, 7) is 0. The van der Waals surface area contributed by atoms with Gasteiger partial charge in [-0.25, -0.2) is 13.8 Å². The van der Waals surface area contributed by atoms with Crippen LogP contribution in [0, 0.1) is 17.6 Å². The Morgan fingerprint density at radius 3 is 2.31 bits per heavy atom. The van der Waals surface area contributed by atoms with Gasteiger partial charge in [0.1, 0.15) is 5.03 Å². The lowest BCUT2D eigenvalue weighted by Gasteiger charge is -2.02. The average molecular weight is 241 g/mol. The van der Waals surface area contributed by atoms with E-state index in [1.807, 2.05) is 0 Å². The summed E-state index contributed by atoms with van der Waals surface area (Å²) in [4.78, 5) is 3.92. The van der Waals surface area contributed by atoms with E-state index < -0.39 is 17.6 Å². The molecule has 0 fully saturated rings. The van der Waals surface area contributed by atoms with E-state index in [0.29, 0.717) is 11.0 Å². The molecule has 16 heavy (non-hydrogen) atoms. The van der Waals surface area contributed by atoms with Gasteiger partial charge in [-0.1, -0.05) is 30.0 Å². The first-order valence-corrected chi connectivity index (χ1v) is 5.23. The molecule has 0 spiro atoms. The van der Waals surface area contributed by atoms with Crippen molar-refractivity contribution >= 4 is 11.8 Å². The van der Waals surface area contributed by atoms with Gasteiger partial charge in [0.15, 0.2) is 11.6 Å². The van der Waals surface area contributed by atoms with Crippen LogP contribution >= 0.6 is 11.8 Å². The molecule has 2 aromatic rings. The molecule has 0 N–H and O–H groups in total. The highest BCUT2D eigenvalue weighted by Gasteiger charge is 2.12. The van der Waals surface area contributed by atoms with Crippen LogP contribution in [0.2, 0.25) is 0 Å². The van der Waals surface area contributed by atoms with Gasteiger partial charge in [-0.05, 0) is 12.1 Å². The van der Waals surface area contributed by atoms with Gasteiger partial charge in [0, 0.05) is 11.0 Å². The van der Waals surface area contributed by atoms with Crippen LogP contribution in [0.3, 0.4) is 0 Å². The Hall–Kier alpha value is -1.49. The fourth-order valence-corrected chi connectivity index (χ4v) is 1.90. The van der Waals surface area contributed by atoms with Gasteiger partial charge in [-0.2, -0.15) is 4.39 Å². The zero-order valence-electron chi connectivity index (χ0n) is 7.95. The van der Waals surface area contributed by atoms with Crippen molar-refractivity contribution < 1.29 is 13.2 Å². The Labute approximate surface area is 94.3 Å². The molecule has 0 aliphatic carbocycles. The summed E-state index contributed by atoms with van der Waals surface area (Å²) < 4.78 is 38.6. The topological polar surface area (TPSA) is 12.9 Å². The first-order chi connectivity index (χ1) is 7.66. The van der Waals surface area contributed by atoms with E-state index in [9.17, 15) is 13.2 Å². The maximum absolute atomic E-state index is 13.2. The molecule has 0 radical (unpaired) electrons. The van der Waals surface area contributed by atoms with E-state index in [1.54, 1.807) is 30.3 Å². The van der Waals surface area contributed by atoms with Gasteiger partial charge in [0.25, 0.3) is 0 Å². The molecule has 1 aromatic carbocycles. The summed E-state index contributed by atoms with van der Waals surface area (Å²) >= 11 is 0.944. The van der Waals surface area contributed by atoms with Crippen molar-refractivity contribution in [2.24, 2.45) is 0 Å². The maximum Gasteiger partial charge on any atom is 0.250 e. The van der Waals surface area contributed by atoms with Crippen molar-refractivity contribution in [3.05, 3.63) is 54.0 Å². The van der Waals surface area contributed by atoms with Crippen LogP contribution in [0.1, 0.15) is 0 Å². The highest BCUT2D eigenvalue weighted by molar-refractivity contribution is 7.99. The second kappa shape index (κ2) is 4.57. The molecule has 82 valence electrons. The smallest absolute Gasteiger partial charge is 0.207 e. The van der Waals surface area contributed by atoms with Crippen LogP contribution in [0.15, 0.2) is 46.3 Å². The van der Waals surface area contributed by atoms with E-state index in [4.69, 9.17) is 0 Å². The zero-order chi connectivity index (χ0) is 11.5. The lowest BCUT2D eigenvalue weighted by atomic mass is 10.4. The number of hydrogen-bond acceptors (Lipinski definition) is 2. The van der Waals surface area contributed by atoms with E-state index >= 15 is 0 Å². The van der Waals surface area contributed by atoms with Crippen LogP contribution in [-0.4, -0.2) is 4.98 Å². The normalized spacial score (nSPS) is 10.4. The molecule has 1 heterocycles. The van der Waals surface area contributed by atoms with Crippen LogP contribution in [0.4, 0.5) is 13.2 Å². The molecule has 1 aromatic heterocycles. The second-order valence-electron chi connectivity index (χ2n) is 2.96. The number of nitrogens with zero attached hydrogens (tertiary/aromatic N) is 1. The minimum absolute atomic E-state index is 0.176. The van der Waals surface area contributed by atoms with Crippen molar-refractivity contribution in [1.82, 2.24) is 4.98 Å². The van der Waals surface area contributed by atoms with Crippen molar-refractivity contribution in [2.75, 3.05) is 0 Å². The SMILES string of the molecule is Fc1cc(F)c(Sc2ccccc2)nc1F. The number of benzene rings is 1. The predicted octanol–water partition coefficient (Wildman–Crippen LogP) is 3.65. The second-order valence-corrected chi connectivity index (χ2v) is 4.03. The van der Waals surface area contributed by atoms with E-state index in [1.165, 1.54) is 0 Å². The lowest BCUT2D eigenvalue weighted by Crippen LogP contribution is -1.95. The van der Waals surface area contributed by atoms with Crippen molar-refractivity contribution in [2.45, 2.75) is 9.92 Å². The van der Waals surface area contributed by atoms with E-state index in [0.717, 1.165) is 11.8 Å². The van der Waals surface area contributed by atoms with Crippen LogP contribution in [-0.2, 0) is 0 Å². The third-order valence-electron chi connectivity index (χ3n) is 1.81. The first kappa shape index (κ1) is 11.0. The van der Waals surface area contributed by atoms with Gasteiger partial charge < -0.3 is 0 Å². The van der Waals surface area contributed by atoms with Crippen LogP contribution < -0.4 is 0 Å². The monoisotopic (exact) mass is 241 g/mol. The maximum atomic E-state index is 13.2. The average Bonchev–Trinajstić information content (AvgIpc) is 2.27. The molecule has 2 rings (SSSR count). The molecule has 0 aliphatic heterocycles. The third-order valence-corrected chi connectivity index (χ3v) is 2.80. The van der Waals surface area contributed by atoms with E-state index in [2.05, 4.69) is 4.98 Å². The molecule has 0 aliphatic rings. The fourth-order valence-electron chi connectivity index (χ4n) is 1.10. The molecule has 0 amide bonds. The van der Waals surface area contributed by atoms with Gasteiger partial charge >= 0.3 is 0 Å². The number of halogens is 3. The summed E-state index contributed by atoms with van der Waals surface area (Å²) in [5, 5.41) is -0.176. The minimum Gasteiger partial charge on any atom is -0.207 e. The Kier molecular flexibility index (Phi) is 3.14. The first-order valence-electron chi connectivity index (χ1n) is 4.41. The molecule has 0 unspecified atom stereocenters. The van der Waals surface area contributed by atoms with Crippen molar-refractivity contribution in [3.63, 3.8) is 0 Å². The van der Waals surface area contributed by atoms with Crippen molar-refractivity contribution in [3.8, 4) is 0 Å². The Morgan fingerprint density at radius 2 is 1.62 bits per heavy atom. The molecule has 0 saturated heterocycles. The summed E-state index contributed by atoms with van der Waals surface area (Å²) in [6, 6.07) is 9.28. The fraction of sp³-hybridized carbons (Fsp3) is 0. The molecular weight excluding hydrogens is 235 g/mol. The van der Waals surface area contributed by atoms with Crippen LogP contribution in [0.25, 0.3) is 0 Å². The summed E-state index contributed by atoms with van der Waals surface area (Å²) in [5.74, 6) is -3.44. The highest BCUT2D eigenvalue weighted by Crippen LogP contribution is 2.28. The summed E-state index contributed by atoms with van der Waals surface area (Å²) in [5.41, 5.74) is 0. The molecule has 5 heteroatoms. The Morgan fingerprint density at radius 1 is 0.938 bits per heavy atom. The van der Waals surface area contributed by atoms with E-state index in [-0.39, 0.29) is 5.03 Å². The largest absolute Gasteiger partial charge is 0.250 e. The van der Waals surface area contributed by atoms with Crippen LogP contribution in [0.5, 0.6) is 0 Å². The summed E-state index contributed by atoms with van der Waals surface area (Å²) in [7, 11) is 0. The lowest BCUT2D eigenvalue weighted by molar-refractivity contribution is 0.448. The summed E-state index contributed by atoms with van der Waals surface area (Å²) in [6.07, 6.45) is 0. The number of pyridine rings is 1. The standard InChI is InChI=1S/C11H6F3NS/c12-8-6-9(13)11(15-10(8)14)16-7-4-2-1-3-5-7/h1-6H. The van der Waals surface area contributed by atoms with Crippen molar-refractivity contribution in [1.29, 1.82) is 0 Å². The number of rotatable bonds is 2. The molecule has 1 nitrogen and oxygen atoms in total. The quantitative estimate of drug-likeness (QED) is 0.744. The minimum atomic E-state index is -1.29. The molecule has 0 saturated carbocycles. The van der Waals surface area contributed by atoms with Gasteiger partial charge in [-0.15, -0.1) is 0 Å². The molecule has 0 bridgehead atoms. The van der Waals surface area contributed by atoms with Gasteiger partial charge in [-0.3, -0.25) is 0 Å². The third kappa shape index (κ3) is 2.36. The Balaban J connectivity index is 2.32. The molecular formula is C11H6F3NS.